The first kappa shape index (κ1) is 18.4. The van der Waals surface area contributed by atoms with Crippen LogP contribution in [0.15, 0.2) is 72.8 Å². The lowest BCUT2D eigenvalue weighted by Crippen LogP contribution is -2.23. The zero-order valence-electron chi connectivity index (χ0n) is 15.5. The fourth-order valence-corrected chi connectivity index (χ4v) is 4.40. The summed E-state index contributed by atoms with van der Waals surface area (Å²) in [5, 5.41) is 3.98. The lowest BCUT2D eigenvalue weighted by Gasteiger charge is -2.08. The third kappa shape index (κ3) is 3.82. The average molecular weight is 389 g/mol. The van der Waals surface area contributed by atoms with Crippen LogP contribution in [0, 0.1) is 12.7 Å². The van der Waals surface area contributed by atoms with E-state index in [1.165, 1.54) is 23.0 Å². The van der Waals surface area contributed by atoms with Crippen molar-refractivity contribution in [3.63, 3.8) is 0 Å². The van der Waals surface area contributed by atoms with Gasteiger partial charge in [-0.3, -0.25) is 4.79 Å². The van der Waals surface area contributed by atoms with Crippen LogP contribution in [-0.2, 0) is 13.0 Å². The monoisotopic (exact) mass is 389 g/mol. The van der Waals surface area contributed by atoms with Crippen LogP contribution >= 0.6 is 11.3 Å². The molecule has 0 fully saturated rings. The van der Waals surface area contributed by atoms with Crippen molar-refractivity contribution in [1.29, 1.82) is 0 Å². The van der Waals surface area contributed by atoms with Gasteiger partial charge >= 0.3 is 0 Å². The molecule has 0 bridgehead atoms. The van der Waals surface area contributed by atoms with Crippen molar-refractivity contribution in [3.8, 4) is 0 Å². The highest BCUT2D eigenvalue weighted by molar-refractivity contribution is 7.21. The van der Waals surface area contributed by atoms with Gasteiger partial charge in [0.1, 0.15) is 5.82 Å². The van der Waals surface area contributed by atoms with Crippen LogP contribution in [-0.4, -0.2) is 5.91 Å². The summed E-state index contributed by atoms with van der Waals surface area (Å²) >= 11 is 1.49. The minimum Gasteiger partial charge on any atom is -0.347 e. The van der Waals surface area contributed by atoms with Gasteiger partial charge in [-0.25, -0.2) is 4.39 Å². The Hall–Kier alpha value is -2.98. The van der Waals surface area contributed by atoms with Gasteiger partial charge in [-0.15, -0.1) is 11.3 Å². The molecule has 4 heteroatoms. The number of aryl methyl sites for hydroxylation is 1. The molecule has 0 saturated carbocycles. The highest BCUT2D eigenvalue weighted by Crippen LogP contribution is 2.33. The van der Waals surface area contributed by atoms with Gasteiger partial charge in [-0.2, -0.15) is 0 Å². The van der Waals surface area contributed by atoms with Crippen molar-refractivity contribution < 1.29 is 9.18 Å². The fourth-order valence-electron chi connectivity index (χ4n) is 3.27. The molecule has 28 heavy (non-hydrogen) atoms. The van der Waals surface area contributed by atoms with E-state index in [1.54, 1.807) is 18.2 Å². The van der Waals surface area contributed by atoms with Crippen molar-refractivity contribution in [1.82, 2.24) is 5.32 Å². The fraction of sp³-hybridized carbons (Fsp3) is 0.125. The second-order valence-electron chi connectivity index (χ2n) is 6.84. The van der Waals surface area contributed by atoms with E-state index in [1.807, 2.05) is 18.2 Å². The summed E-state index contributed by atoms with van der Waals surface area (Å²) in [5.74, 6) is -0.467. The Kier molecular flexibility index (Phi) is 5.22. The van der Waals surface area contributed by atoms with Crippen LogP contribution < -0.4 is 5.32 Å². The molecule has 0 atom stereocenters. The number of rotatable bonds is 5. The predicted octanol–water partition coefficient (Wildman–Crippen LogP) is 5.87. The number of thiophene rings is 1. The molecule has 0 saturated heterocycles. The standard InChI is InChI=1S/C24H20FNOS/c1-16-10-12-17(13-11-16)14-20-19-7-3-5-9-22(19)28-23(20)24(27)26-15-18-6-2-4-8-21(18)25/h2-13H,14-15H2,1H3,(H,26,27). The third-order valence-electron chi connectivity index (χ3n) is 4.80. The first-order valence-electron chi connectivity index (χ1n) is 9.19. The Labute approximate surface area is 167 Å². The first-order chi connectivity index (χ1) is 13.6. The number of nitrogens with one attached hydrogen (secondary N) is 1. The SMILES string of the molecule is Cc1ccc(Cc2c(C(=O)NCc3ccccc3F)sc3ccccc23)cc1. The van der Waals surface area contributed by atoms with Crippen molar-refractivity contribution in [3.05, 3.63) is 106 Å². The summed E-state index contributed by atoms with van der Waals surface area (Å²) in [6.45, 7) is 2.23. The average Bonchev–Trinajstić information content (AvgIpc) is 3.07. The largest absolute Gasteiger partial charge is 0.347 e. The minimum atomic E-state index is -0.306. The zero-order chi connectivity index (χ0) is 19.5. The molecule has 0 aliphatic rings. The zero-order valence-corrected chi connectivity index (χ0v) is 16.4. The van der Waals surface area contributed by atoms with Crippen molar-refractivity contribution in [2.24, 2.45) is 0 Å². The molecule has 3 aromatic carbocycles. The van der Waals surface area contributed by atoms with Gasteiger partial charge < -0.3 is 5.32 Å². The molecule has 2 nitrogen and oxygen atoms in total. The summed E-state index contributed by atoms with van der Waals surface area (Å²) < 4.78 is 14.9. The van der Waals surface area contributed by atoms with Crippen LogP contribution in [0.2, 0.25) is 0 Å². The van der Waals surface area contributed by atoms with Gasteiger partial charge in [0.15, 0.2) is 0 Å². The maximum Gasteiger partial charge on any atom is 0.261 e. The van der Waals surface area contributed by atoms with Crippen molar-refractivity contribution >= 4 is 27.3 Å². The molecule has 0 unspecified atom stereocenters. The molecule has 0 aliphatic carbocycles. The number of hydrogen-bond acceptors (Lipinski definition) is 2. The number of fused-ring (bicyclic) bond motifs is 1. The quantitative estimate of drug-likeness (QED) is 0.454. The van der Waals surface area contributed by atoms with E-state index in [2.05, 4.69) is 42.6 Å². The maximum atomic E-state index is 13.9. The number of carbonyl (C=O) groups excluding carboxylic acids is 1. The summed E-state index contributed by atoms with van der Waals surface area (Å²) in [6, 6.07) is 22.9. The Morgan fingerprint density at radius 1 is 0.964 bits per heavy atom. The number of hydrogen-bond donors (Lipinski definition) is 1. The molecule has 1 amide bonds. The van der Waals surface area contributed by atoms with Crippen LogP contribution in [0.3, 0.4) is 0 Å². The second-order valence-corrected chi connectivity index (χ2v) is 7.89. The summed E-state index contributed by atoms with van der Waals surface area (Å²) in [6.07, 6.45) is 0.687. The van der Waals surface area contributed by atoms with E-state index < -0.39 is 0 Å². The predicted molar refractivity (Wildman–Crippen MR) is 113 cm³/mol. The Morgan fingerprint density at radius 3 is 2.46 bits per heavy atom. The Balaban J connectivity index is 1.64. The smallest absolute Gasteiger partial charge is 0.261 e. The van der Waals surface area contributed by atoms with E-state index in [0.29, 0.717) is 16.9 Å². The van der Waals surface area contributed by atoms with E-state index >= 15 is 0 Å². The maximum absolute atomic E-state index is 13.9. The Morgan fingerprint density at radius 2 is 1.68 bits per heavy atom. The molecule has 0 radical (unpaired) electrons. The number of carbonyl (C=O) groups is 1. The van der Waals surface area contributed by atoms with Gasteiger partial charge in [0.2, 0.25) is 0 Å². The van der Waals surface area contributed by atoms with E-state index in [-0.39, 0.29) is 18.3 Å². The van der Waals surface area contributed by atoms with Gasteiger partial charge in [0.05, 0.1) is 4.88 Å². The Bertz CT molecular complexity index is 1130. The summed E-state index contributed by atoms with van der Waals surface area (Å²) in [4.78, 5) is 13.6. The van der Waals surface area contributed by atoms with Crippen LogP contribution in [0.25, 0.3) is 10.1 Å². The van der Waals surface area contributed by atoms with E-state index in [4.69, 9.17) is 0 Å². The molecule has 0 aliphatic heterocycles. The van der Waals surface area contributed by atoms with Gasteiger partial charge in [0.25, 0.3) is 5.91 Å². The van der Waals surface area contributed by atoms with Crippen molar-refractivity contribution in [2.45, 2.75) is 19.9 Å². The molecule has 1 heterocycles. The normalized spacial score (nSPS) is 10.9. The molecule has 4 rings (SSSR count). The molecule has 1 N–H and O–H groups in total. The highest BCUT2D eigenvalue weighted by atomic mass is 32.1. The lowest BCUT2D eigenvalue weighted by atomic mass is 10.0. The molecule has 140 valence electrons. The summed E-state index contributed by atoms with van der Waals surface area (Å²) in [5.41, 5.74) is 3.88. The lowest BCUT2D eigenvalue weighted by molar-refractivity contribution is 0.0954. The molecule has 0 spiro atoms. The number of amides is 1. The van der Waals surface area contributed by atoms with Gasteiger partial charge in [-0.05, 0) is 42.0 Å². The summed E-state index contributed by atoms with van der Waals surface area (Å²) in [7, 11) is 0. The molecular weight excluding hydrogens is 369 g/mol. The van der Waals surface area contributed by atoms with Crippen LogP contribution in [0.5, 0.6) is 0 Å². The van der Waals surface area contributed by atoms with Crippen molar-refractivity contribution in [2.75, 3.05) is 0 Å². The van der Waals surface area contributed by atoms with Gasteiger partial charge in [0, 0.05) is 16.8 Å². The molecular formula is C24H20FNOS. The molecule has 4 aromatic rings. The first-order valence-corrected chi connectivity index (χ1v) is 10.0. The van der Waals surface area contributed by atoms with Crippen LogP contribution in [0.1, 0.15) is 31.9 Å². The number of halogens is 1. The molecule has 1 aromatic heterocycles. The topological polar surface area (TPSA) is 29.1 Å². The number of benzene rings is 3. The van der Waals surface area contributed by atoms with Crippen LogP contribution in [0.4, 0.5) is 4.39 Å². The van der Waals surface area contributed by atoms with Gasteiger partial charge in [-0.1, -0.05) is 66.2 Å². The highest BCUT2D eigenvalue weighted by Gasteiger charge is 2.18. The minimum absolute atomic E-state index is 0.161. The van der Waals surface area contributed by atoms with E-state index in [0.717, 1.165) is 21.2 Å². The second kappa shape index (κ2) is 7.95. The third-order valence-corrected chi connectivity index (χ3v) is 6.02. The van der Waals surface area contributed by atoms with E-state index in [9.17, 15) is 9.18 Å².